The first-order chi connectivity index (χ1) is 35.6. The second-order valence-corrected chi connectivity index (χ2v) is 18.2. The fourth-order valence-corrected chi connectivity index (χ4v) is 10.3. The number of hydrogen-bond acceptors (Lipinski definition) is 4. The summed E-state index contributed by atoms with van der Waals surface area (Å²) < 4.78 is 0. The topological polar surface area (TPSA) is 62.5 Å². The van der Waals surface area contributed by atoms with E-state index >= 15 is 0 Å². The Labute approximate surface area is 418 Å². The molecule has 72 heavy (non-hydrogen) atoms. The van der Waals surface area contributed by atoms with E-state index in [9.17, 15) is 5.26 Å². The highest BCUT2D eigenvalue weighted by Crippen LogP contribution is 2.52. The van der Waals surface area contributed by atoms with Crippen molar-refractivity contribution >= 4 is 10.8 Å². The highest BCUT2D eigenvalue weighted by molar-refractivity contribution is 6.22. The summed E-state index contributed by atoms with van der Waals surface area (Å²) >= 11 is 0. The average Bonchev–Trinajstić information content (AvgIpc) is 3.80. The number of benzene rings is 11. The summed E-state index contributed by atoms with van der Waals surface area (Å²) in [5, 5.41) is 12.0. The van der Waals surface area contributed by atoms with Crippen LogP contribution in [0.2, 0.25) is 0 Å². The van der Waals surface area contributed by atoms with Crippen LogP contribution in [-0.2, 0) is 0 Å². The zero-order chi connectivity index (χ0) is 48.0. The standard InChI is InChI=1S/C68H42N4/c69-43-44-15-17-53(18-16-44)58-39-41-62-60-13-7-8-14-61(60)63-42-40-59(64(58)65(62)63)54-31-23-51(24-32-54)49-19-21-50(22-20-49)52-29-37-57(38-30-52)68-71-66(55-33-25-47(26-34-55)45-9-3-1-4-10-45)70-67(72-68)56-35-27-48(28-36-56)46-11-5-2-6-12-46/h1-42H. The Kier molecular flexibility index (Phi) is 10.5. The van der Waals surface area contributed by atoms with E-state index in [-0.39, 0.29) is 0 Å². The highest BCUT2D eigenvalue weighted by atomic mass is 15.0. The van der Waals surface area contributed by atoms with Crippen LogP contribution in [0.25, 0.3) is 134 Å². The molecule has 0 atom stereocenters. The van der Waals surface area contributed by atoms with E-state index in [0.29, 0.717) is 23.0 Å². The Morgan fingerprint density at radius 1 is 0.208 bits per heavy atom. The Morgan fingerprint density at radius 3 is 0.792 bits per heavy atom. The maximum absolute atomic E-state index is 9.53. The molecule has 12 aromatic rings. The maximum atomic E-state index is 9.53. The van der Waals surface area contributed by atoms with Gasteiger partial charge in [-0.2, -0.15) is 5.26 Å². The van der Waals surface area contributed by atoms with E-state index in [1.54, 1.807) is 0 Å². The molecule has 1 aliphatic carbocycles. The fourth-order valence-electron chi connectivity index (χ4n) is 10.3. The van der Waals surface area contributed by atoms with Crippen LogP contribution in [0.5, 0.6) is 0 Å². The molecule has 4 heteroatoms. The van der Waals surface area contributed by atoms with E-state index < -0.39 is 0 Å². The molecule has 0 fully saturated rings. The Hall–Kier alpha value is -9.82. The molecule has 0 amide bonds. The Morgan fingerprint density at radius 2 is 0.458 bits per heavy atom. The van der Waals surface area contributed by atoms with Crippen LogP contribution in [0.1, 0.15) is 5.56 Å². The van der Waals surface area contributed by atoms with Gasteiger partial charge in [0.2, 0.25) is 0 Å². The van der Waals surface area contributed by atoms with E-state index in [2.05, 4.69) is 237 Å². The summed E-state index contributed by atoms with van der Waals surface area (Å²) in [6.07, 6.45) is 0. The molecule has 0 aliphatic heterocycles. The van der Waals surface area contributed by atoms with Crippen LogP contribution < -0.4 is 0 Å². The number of nitrogens with zero attached hydrogens (tertiary/aromatic N) is 4. The lowest BCUT2D eigenvalue weighted by Gasteiger charge is -2.15. The molecule has 13 rings (SSSR count). The molecular weight excluding hydrogens is 873 g/mol. The minimum atomic E-state index is 0.618. The van der Waals surface area contributed by atoms with Gasteiger partial charge in [0.25, 0.3) is 0 Å². The van der Waals surface area contributed by atoms with Crippen LogP contribution >= 0.6 is 0 Å². The molecule has 0 unspecified atom stereocenters. The van der Waals surface area contributed by atoms with E-state index in [1.165, 1.54) is 38.6 Å². The normalized spacial score (nSPS) is 11.3. The molecule has 0 radical (unpaired) electrons. The molecule has 0 N–H and O–H groups in total. The largest absolute Gasteiger partial charge is 0.208 e. The Bertz CT molecular complexity index is 3880. The van der Waals surface area contributed by atoms with Gasteiger partial charge < -0.3 is 0 Å². The number of nitriles is 1. The minimum Gasteiger partial charge on any atom is -0.208 e. The third-order valence-corrected chi connectivity index (χ3v) is 14.0. The van der Waals surface area contributed by atoms with Gasteiger partial charge in [-0.25, -0.2) is 15.0 Å². The number of rotatable bonds is 9. The van der Waals surface area contributed by atoms with E-state index in [4.69, 9.17) is 15.0 Å². The summed E-state index contributed by atoms with van der Waals surface area (Å²) in [7, 11) is 0. The van der Waals surface area contributed by atoms with Gasteiger partial charge in [-0.05, 0) is 112 Å². The Balaban J connectivity index is 0.792. The first-order valence-corrected chi connectivity index (χ1v) is 24.2. The zero-order valence-electron chi connectivity index (χ0n) is 39.0. The van der Waals surface area contributed by atoms with Crippen LogP contribution in [-0.4, -0.2) is 15.0 Å². The van der Waals surface area contributed by atoms with E-state index in [1.807, 2.05) is 24.3 Å². The van der Waals surface area contributed by atoms with E-state index in [0.717, 1.165) is 77.9 Å². The van der Waals surface area contributed by atoms with Crippen molar-refractivity contribution in [3.05, 3.63) is 260 Å². The van der Waals surface area contributed by atoms with Crippen molar-refractivity contribution in [2.45, 2.75) is 0 Å². The number of hydrogen-bond donors (Lipinski definition) is 0. The minimum absolute atomic E-state index is 0.618. The first-order valence-electron chi connectivity index (χ1n) is 24.2. The third-order valence-electron chi connectivity index (χ3n) is 14.0. The van der Waals surface area contributed by atoms with Crippen molar-refractivity contribution in [3.63, 3.8) is 0 Å². The molecule has 0 bridgehead atoms. The van der Waals surface area contributed by atoms with Gasteiger partial charge >= 0.3 is 0 Å². The lowest BCUT2D eigenvalue weighted by molar-refractivity contribution is 1.07. The summed E-state index contributed by atoms with van der Waals surface area (Å²) in [6, 6.07) is 91.9. The molecular formula is C68H42N4. The predicted octanol–water partition coefficient (Wildman–Crippen LogP) is 17.5. The zero-order valence-corrected chi connectivity index (χ0v) is 39.0. The lowest BCUT2D eigenvalue weighted by atomic mass is 9.88. The molecule has 0 spiro atoms. The van der Waals surface area contributed by atoms with Crippen molar-refractivity contribution in [2.24, 2.45) is 0 Å². The maximum Gasteiger partial charge on any atom is 0.164 e. The van der Waals surface area contributed by atoms with Crippen molar-refractivity contribution in [3.8, 4) is 129 Å². The molecule has 1 aromatic heterocycles. The van der Waals surface area contributed by atoms with Gasteiger partial charge in [0.05, 0.1) is 11.6 Å². The molecule has 0 saturated heterocycles. The summed E-state index contributed by atoms with van der Waals surface area (Å²) in [4.78, 5) is 15.2. The fraction of sp³-hybridized carbons (Fsp3) is 0. The van der Waals surface area contributed by atoms with Gasteiger partial charge in [-0.3, -0.25) is 0 Å². The number of aromatic nitrogens is 3. The molecule has 334 valence electrons. The predicted molar refractivity (Wildman–Crippen MR) is 295 cm³/mol. The van der Waals surface area contributed by atoms with Crippen molar-refractivity contribution in [1.82, 2.24) is 15.0 Å². The second-order valence-electron chi connectivity index (χ2n) is 18.2. The van der Waals surface area contributed by atoms with Gasteiger partial charge in [-0.15, -0.1) is 0 Å². The first kappa shape index (κ1) is 42.3. The third kappa shape index (κ3) is 7.72. The van der Waals surface area contributed by atoms with Gasteiger partial charge in [0.15, 0.2) is 17.5 Å². The van der Waals surface area contributed by atoms with Gasteiger partial charge in [-0.1, -0.05) is 243 Å². The monoisotopic (exact) mass is 914 g/mol. The van der Waals surface area contributed by atoms with Crippen LogP contribution in [0, 0.1) is 11.3 Å². The molecule has 0 saturated carbocycles. The molecule has 1 heterocycles. The highest BCUT2D eigenvalue weighted by Gasteiger charge is 2.25. The van der Waals surface area contributed by atoms with Gasteiger partial charge in [0, 0.05) is 16.7 Å². The van der Waals surface area contributed by atoms with Crippen molar-refractivity contribution in [2.75, 3.05) is 0 Å². The molecule has 4 nitrogen and oxygen atoms in total. The summed E-state index contributed by atoms with van der Waals surface area (Å²) in [5.41, 5.74) is 22.2. The van der Waals surface area contributed by atoms with Crippen molar-refractivity contribution in [1.29, 1.82) is 5.26 Å². The summed E-state index contributed by atoms with van der Waals surface area (Å²) in [5.74, 6) is 1.86. The second kappa shape index (κ2) is 17.9. The SMILES string of the molecule is N#Cc1ccc(-c2ccc3c4c(ccc(-c5ccc(-c6ccc(-c7ccc(-c8nc(-c9ccc(-c%10ccccc%10)cc9)nc(-c9ccc(-c%10ccccc%10)cc9)n8)cc7)cc6)cc5)c24)-c2ccccc2-3)cc1. The van der Waals surface area contributed by atoms with Crippen LogP contribution in [0.3, 0.4) is 0 Å². The van der Waals surface area contributed by atoms with Crippen molar-refractivity contribution < 1.29 is 0 Å². The lowest BCUT2D eigenvalue weighted by Crippen LogP contribution is -2.00. The number of fused-ring (bicyclic) bond motifs is 3. The van der Waals surface area contributed by atoms with Gasteiger partial charge in [0.1, 0.15) is 0 Å². The quantitative estimate of drug-likeness (QED) is 0.145. The molecule has 1 aliphatic rings. The van der Waals surface area contributed by atoms with Crippen LogP contribution in [0.15, 0.2) is 255 Å². The average molecular weight is 915 g/mol. The summed E-state index contributed by atoms with van der Waals surface area (Å²) in [6.45, 7) is 0. The smallest absolute Gasteiger partial charge is 0.164 e. The van der Waals surface area contributed by atoms with Crippen LogP contribution in [0.4, 0.5) is 0 Å². The molecule has 11 aromatic carbocycles.